The Kier molecular flexibility index (Phi) is 10.2. The second-order valence-corrected chi connectivity index (χ2v) is 20.0. The number of likely N-dealkylation sites (tertiary alicyclic amines) is 1. The zero-order valence-corrected chi connectivity index (χ0v) is 34.1. The number of sulfonamides is 1. The van der Waals surface area contributed by atoms with Crippen molar-refractivity contribution < 1.29 is 32.3 Å². The highest BCUT2D eigenvalue weighted by Gasteiger charge is 2.61. The van der Waals surface area contributed by atoms with Gasteiger partial charge in [-0.1, -0.05) is 81.4 Å². The summed E-state index contributed by atoms with van der Waals surface area (Å²) in [6.45, 7) is 10.8. The third kappa shape index (κ3) is 7.54. The van der Waals surface area contributed by atoms with Crippen LogP contribution >= 0.6 is 11.3 Å². The molecule has 0 bridgehead atoms. The van der Waals surface area contributed by atoms with Crippen molar-refractivity contribution in [3.8, 4) is 0 Å². The van der Waals surface area contributed by atoms with E-state index in [9.17, 15) is 27.6 Å². The molecule has 2 saturated carbocycles. The van der Waals surface area contributed by atoms with Crippen LogP contribution in [0.4, 0.5) is 4.79 Å². The Bertz CT molecular complexity index is 2310. The second kappa shape index (κ2) is 14.9. The first kappa shape index (κ1) is 39.1. The fraction of sp³-hybridized carbons (Fsp3) is 0.442. The predicted octanol–water partition coefficient (Wildman–Crippen LogP) is 5.99. The zero-order chi connectivity index (χ0) is 40.3. The van der Waals surface area contributed by atoms with Crippen LogP contribution in [0.15, 0.2) is 83.6 Å². The first-order chi connectivity index (χ1) is 27.2. The van der Waals surface area contributed by atoms with Crippen molar-refractivity contribution in [3.63, 3.8) is 0 Å². The molecule has 5 atom stereocenters. The summed E-state index contributed by atoms with van der Waals surface area (Å²) >= 11 is 1.05. The van der Waals surface area contributed by atoms with Crippen molar-refractivity contribution in [1.29, 1.82) is 0 Å². The van der Waals surface area contributed by atoms with Gasteiger partial charge in [-0.3, -0.25) is 19.3 Å². The van der Waals surface area contributed by atoms with E-state index in [1.807, 2.05) is 45.0 Å². The van der Waals surface area contributed by atoms with Crippen molar-refractivity contribution >= 4 is 66.0 Å². The van der Waals surface area contributed by atoms with Crippen molar-refractivity contribution in [3.05, 3.63) is 90.5 Å². The van der Waals surface area contributed by atoms with E-state index in [0.717, 1.165) is 63.6 Å². The molecule has 3 heterocycles. The number of ether oxygens (including phenoxy) is 1. The monoisotopic (exact) mass is 811 g/mol. The van der Waals surface area contributed by atoms with Gasteiger partial charge in [-0.2, -0.15) is 0 Å². The SMILES string of the molecule is C=C[C@@H]1C[C@]1(NC(=O)[C@@H]1C[C@@H](N2Cc3cccc4cccc(c34)C2)CN1C(=O)[C@@H](NC(=O)OC1CCCC1)C(C)(C)C)C(=O)NS(=O)(=O)c1cc2ccccc2s1. The number of fused-ring (bicyclic) bond motifs is 1. The average Bonchev–Trinajstić information content (AvgIpc) is 3.60. The van der Waals surface area contributed by atoms with Crippen LogP contribution in [0, 0.1) is 11.3 Å². The zero-order valence-electron chi connectivity index (χ0n) is 32.5. The molecule has 14 heteroatoms. The van der Waals surface area contributed by atoms with Crippen LogP contribution < -0.4 is 15.4 Å². The molecule has 12 nitrogen and oxygen atoms in total. The Morgan fingerprint density at radius 2 is 1.63 bits per heavy atom. The molecule has 3 fully saturated rings. The molecule has 0 spiro atoms. The number of hydrogen-bond donors (Lipinski definition) is 3. The molecule has 0 unspecified atom stereocenters. The van der Waals surface area contributed by atoms with Gasteiger partial charge in [-0.05, 0) is 83.4 Å². The predicted molar refractivity (Wildman–Crippen MR) is 219 cm³/mol. The highest BCUT2D eigenvalue weighted by Crippen LogP contribution is 2.46. The van der Waals surface area contributed by atoms with Crippen LogP contribution in [0.25, 0.3) is 20.9 Å². The summed E-state index contributed by atoms with van der Waals surface area (Å²) in [6.07, 6.45) is 4.57. The average molecular weight is 812 g/mol. The van der Waals surface area contributed by atoms with Gasteiger partial charge in [0.15, 0.2) is 0 Å². The van der Waals surface area contributed by atoms with Gasteiger partial charge in [0.05, 0.1) is 0 Å². The molecule has 1 aromatic heterocycles. The third-order valence-electron chi connectivity index (χ3n) is 12.1. The lowest BCUT2D eigenvalue weighted by atomic mass is 9.85. The highest BCUT2D eigenvalue weighted by molar-refractivity contribution is 7.92. The van der Waals surface area contributed by atoms with Crippen molar-refractivity contribution in [1.82, 2.24) is 25.2 Å². The van der Waals surface area contributed by atoms with E-state index in [-0.39, 0.29) is 35.7 Å². The fourth-order valence-corrected chi connectivity index (χ4v) is 11.3. The van der Waals surface area contributed by atoms with Crippen LogP contribution in [-0.2, 0) is 42.2 Å². The van der Waals surface area contributed by atoms with Gasteiger partial charge < -0.3 is 20.3 Å². The number of alkyl carbamates (subject to hydrolysis) is 1. The van der Waals surface area contributed by atoms with E-state index in [1.165, 1.54) is 22.4 Å². The second-order valence-electron chi connectivity index (χ2n) is 17.0. The largest absolute Gasteiger partial charge is 0.446 e. The van der Waals surface area contributed by atoms with E-state index in [0.29, 0.717) is 13.1 Å². The van der Waals surface area contributed by atoms with E-state index in [1.54, 1.807) is 12.1 Å². The maximum absolute atomic E-state index is 14.8. The molecule has 4 amide bonds. The van der Waals surface area contributed by atoms with Crippen LogP contribution in [0.3, 0.4) is 0 Å². The first-order valence-corrected chi connectivity index (χ1v) is 22.0. The number of amides is 4. The van der Waals surface area contributed by atoms with Gasteiger partial charge in [-0.15, -0.1) is 17.9 Å². The third-order valence-corrected chi connectivity index (χ3v) is 15.0. The van der Waals surface area contributed by atoms with Gasteiger partial charge in [0, 0.05) is 36.3 Å². The lowest BCUT2D eigenvalue weighted by Gasteiger charge is -2.36. The van der Waals surface area contributed by atoms with E-state index < -0.39 is 62.8 Å². The van der Waals surface area contributed by atoms with Gasteiger partial charge in [0.1, 0.15) is 27.9 Å². The lowest BCUT2D eigenvalue weighted by Crippen LogP contribution is -2.60. The molecular formula is C43H49N5O7S2. The van der Waals surface area contributed by atoms with Crippen LogP contribution in [0.5, 0.6) is 0 Å². The molecule has 300 valence electrons. The molecule has 3 aromatic carbocycles. The quantitative estimate of drug-likeness (QED) is 0.165. The molecule has 8 rings (SSSR count). The smallest absolute Gasteiger partial charge is 0.408 e. The molecule has 4 aromatic rings. The van der Waals surface area contributed by atoms with Crippen LogP contribution in [0.1, 0.15) is 70.4 Å². The molecule has 3 N–H and O–H groups in total. The van der Waals surface area contributed by atoms with Gasteiger partial charge in [-0.25, -0.2) is 17.9 Å². The number of hydrogen-bond acceptors (Lipinski definition) is 9. The number of carbonyl (C=O) groups is 4. The number of benzene rings is 3. The molecule has 4 aliphatic rings. The highest BCUT2D eigenvalue weighted by atomic mass is 32.2. The van der Waals surface area contributed by atoms with Crippen molar-refractivity contribution in [2.75, 3.05) is 6.54 Å². The molecule has 2 aliphatic carbocycles. The molecule has 57 heavy (non-hydrogen) atoms. The number of rotatable bonds is 10. The fourth-order valence-electron chi connectivity index (χ4n) is 8.90. The van der Waals surface area contributed by atoms with E-state index in [2.05, 4.69) is 51.1 Å². The van der Waals surface area contributed by atoms with Gasteiger partial charge in [0.2, 0.25) is 11.8 Å². The summed E-state index contributed by atoms with van der Waals surface area (Å²) in [5.41, 5.74) is -0.0172. The topological polar surface area (TPSA) is 154 Å². The normalized spacial score (nSPS) is 24.3. The molecule has 2 aliphatic heterocycles. The summed E-state index contributed by atoms with van der Waals surface area (Å²) in [6, 6.07) is 18.9. The molecular weight excluding hydrogens is 763 g/mol. The Morgan fingerprint density at radius 1 is 0.965 bits per heavy atom. The van der Waals surface area contributed by atoms with Crippen LogP contribution in [0.2, 0.25) is 0 Å². The Morgan fingerprint density at radius 3 is 2.26 bits per heavy atom. The first-order valence-electron chi connectivity index (χ1n) is 19.7. The molecule has 1 saturated heterocycles. The minimum absolute atomic E-state index is 0.0179. The number of nitrogens with zero attached hydrogens (tertiary/aromatic N) is 2. The summed E-state index contributed by atoms with van der Waals surface area (Å²) in [7, 11) is -4.28. The lowest BCUT2D eigenvalue weighted by molar-refractivity contribution is -0.142. The molecule has 0 radical (unpaired) electrons. The van der Waals surface area contributed by atoms with E-state index in [4.69, 9.17) is 4.74 Å². The maximum atomic E-state index is 14.8. The Hall–Kier alpha value is -4.79. The van der Waals surface area contributed by atoms with E-state index >= 15 is 0 Å². The van der Waals surface area contributed by atoms with Gasteiger partial charge >= 0.3 is 6.09 Å². The van der Waals surface area contributed by atoms with Crippen LogP contribution in [-0.4, -0.2) is 78.3 Å². The van der Waals surface area contributed by atoms with Crippen molar-refractivity contribution in [2.45, 2.75) is 106 Å². The Labute approximate surface area is 337 Å². The minimum Gasteiger partial charge on any atom is -0.446 e. The minimum atomic E-state index is -4.28. The summed E-state index contributed by atoms with van der Waals surface area (Å²) < 4.78 is 35.8. The maximum Gasteiger partial charge on any atom is 0.408 e. The summed E-state index contributed by atoms with van der Waals surface area (Å²) in [5.74, 6) is -2.41. The Balaban J connectivity index is 1.07. The van der Waals surface area contributed by atoms with Gasteiger partial charge in [0.25, 0.3) is 15.9 Å². The summed E-state index contributed by atoms with van der Waals surface area (Å²) in [4.78, 5) is 60.5. The standard InChI is InChI=1S/C43H49N5O7S2/c1-5-30-22-43(30,40(51)46-57(53,54)35-20-27-12-6-9-19-34(27)56-35)45-38(49)33-21-31(47-23-28-15-10-13-26-14-11-16-29(24-47)36(26)28)25-48(33)39(50)37(42(2,3)4)44-41(52)55-32-17-7-8-18-32/h5-6,9-16,19-20,30-33,37H,1,7-8,17-18,21-25H2,2-4H3,(H,44,52)(H,45,49)(H,46,51)/t30-,31-,33+,37-,43-/m1/s1. The number of thiophene rings is 1. The summed E-state index contributed by atoms with van der Waals surface area (Å²) in [5, 5.41) is 8.87. The van der Waals surface area contributed by atoms with Crippen molar-refractivity contribution in [2.24, 2.45) is 11.3 Å². The number of nitrogens with one attached hydrogen (secondary N) is 3. The number of carbonyl (C=O) groups excluding carboxylic acids is 4.